The van der Waals surface area contributed by atoms with Crippen LogP contribution in [0, 0.1) is 6.92 Å². The number of aryl methyl sites for hydroxylation is 1. The lowest BCUT2D eigenvalue weighted by atomic mass is 10.0. The molecule has 2 amide bonds. The Hall–Kier alpha value is -3.45. The van der Waals surface area contributed by atoms with E-state index in [1.807, 2.05) is 40.8 Å². The van der Waals surface area contributed by atoms with E-state index in [-0.39, 0.29) is 12.1 Å². The van der Waals surface area contributed by atoms with E-state index < -0.39 is 0 Å². The quantitative estimate of drug-likeness (QED) is 0.379. The highest BCUT2D eigenvalue weighted by Crippen LogP contribution is 2.38. The van der Waals surface area contributed by atoms with Crippen LogP contribution < -0.4 is 5.32 Å². The van der Waals surface area contributed by atoms with Crippen LogP contribution in [0.1, 0.15) is 41.9 Å². The largest absolute Gasteiger partial charge is 0.338 e. The van der Waals surface area contributed by atoms with E-state index in [4.69, 9.17) is 5.10 Å². The van der Waals surface area contributed by atoms with E-state index in [9.17, 15) is 4.79 Å². The summed E-state index contributed by atoms with van der Waals surface area (Å²) in [5.74, 6) is 0.986. The van der Waals surface area contributed by atoms with Gasteiger partial charge in [0.1, 0.15) is 5.82 Å². The zero-order valence-corrected chi connectivity index (χ0v) is 20.5. The Kier molecular flexibility index (Phi) is 6.20. The number of nitrogens with one attached hydrogen (secondary N) is 1. The third-order valence-electron chi connectivity index (χ3n) is 6.31. The maximum atomic E-state index is 13.5. The number of aromatic nitrogens is 3. The molecule has 3 heterocycles. The van der Waals surface area contributed by atoms with E-state index in [0.29, 0.717) is 13.1 Å². The van der Waals surface area contributed by atoms with Crippen molar-refractivity contribution in [2.45, 2.75) is 37.8 Å². The van der Waals surface area contributed by atoms with Crippen LogP contribution in [0.5, 0.6) is 0 Å². The minimum atomic E-state index is -0.223. The Balaban J connectivity index is 1.71. The highest BCUT2D eigenvalue weighted by atomic mass is 32.2. The summed E-state index contributed by atoms with van der Waals surface area (Å²) in [6, 6.07) is 22.6. The minimum absolute atomic E-state index is 0.0618. The molecule has 1 aliphatic rings. The SMILES string of the molecule is CCCNC(=O)N1Cc2c(C)nn(-c3ccccc3)c2-n2cccc2[C@H]1c1ccc(SC)cc1. The van der Waals surface area contributed by atoms with Crippen molar-refractivity contribution in [2.75, 3.05) is 12.8 Å². The number of rotatable bonds is 5. The van der Waals surface area contributed by atoms with Crippen LogP contribution >= 0.6 is 11.8 Å². The average Bonchev–Trinajstić information content (AvgIpc) is 3.43. The zero-order valence-electron chi connectivity index (χ0n) is 19.7. The first kappa shape index (κ1) is 22.3. The molecule has 5 rings (SSSR count). The number of amides is 2. The number of hydrogen-bond donors (Lipinski definition) is 1. The Morgan fingerprint density at radius 2 is 1.85 bits per heavy atom. The van der Waals surface area contributed by atoms with Crippen molar-refractivity contribution in [1.29, 1.82) is 0 Å². The van der Waals surface area contributed by atoms with Gasteiger partial charge in [-0.2, -0.15) is 5.10 Å². The van der Waals surface area contributed by atoms with Gasteiger partial charge in [0.15, 0.2) is 0 Å². The van der Waals surface area contributed by atoms with Gasteiger partial charge in [0, 0.05) is 23.2 Å². The molecule has 6 nitrogen and oxygen atoms in total. The van der Waals surface area contributed by atoms with Crippen LogP contribution in [0.4, 0.5) is 4.79 Å². The molecule has 2 aromatic heterocycles. The van der Waals surface area contributed by atoms with Gasteiger partial charge in [-0.3, -0.25) is 0 Å². The normalized spacial score (nSPS) is 14.9. The number of benzene rings is 2. The van der Waals surface area contributed by atoms with Gasteiger partial charge in [-0.1, -0.05) is 37.3 Å². The monoisotopic (exact) mass is 471 g/mol. The molecule has 0 unspecified atom stereocenters. The van der Waals surface area contributed by atoms with E-state index in [2.05, 4.69) is 71.7 Å². The Morgan fingerprint density at radius 3 is 2.56 bits per heavy atom. The summed E-state index contributed by atoms with van der Waals surface area (Å²) in [4.78, 5) is 16.7. The predicted molar refractivity (Wildman–Crippen MR) is 137 cm³/mol. The first-order valence-corrected chi connectivity index (χ1v) is 12.8. The summed E-state index contributed by atoms with van der Waals surface area (Å²) in [7, 11) is 0. The summed E-state index contributed by atoms with van der Waals surface area (Å²) in [5.41, 5.74) is 5.10. The van der Waals surface area contributed by atoms with E-state index in [0.717, 1.165) is 40.4 Å². The van der Waals surface area contributed by atoms with Gasteiger partial charge in [0.2, 0.25) is 0 Å². The molecular formula is C27H29N5OS. The summed E-state index contributed by atoms with van der Waals surface area (Å²) in [6.07, 6.45) is 5.04. The zero-order chi connectivity index (χ0) is 23.7. The fourth-order valence-electron chi connectivity index (χ4n) is 4.62. The number of urea groups is 1. The second kappa shape index (κ2) is 9.43. The number of fused-ring (bicyclic) bond motifs is 3. The average molecular weight is 472 g/mol. The van der Waals surface area contributed by atoms with Crippen molar-refractivity contribution in [3.8, 4) is 11.5 Å². The van der Waals surface area contributed by atoms with E-state index in [1.165, 1.54) is 4.90 Å². The van der Waals surface area contributed by atoms with E-state index >= 15 is 0 Å². The van der Waals surface area contributed by atoms with Crippen molar-refractivity contribution in [3.05, 3.63) is 95.4 Å². The molecule has 2 aromatic carbocycles. The first-order valence-electron chi connectivity index (χ1n) is 11.6. The summed E-state index contributed by atoms with van der Waals surface area (Å²) in [5, 5.41) is 8.00. The minimum Gasteiger partial charge on any atom is -0.338 e. The van der Waals surface area contributed by atoms with Crippen LogP contribution in [0.25, 0.3) is 11.5 Å². The van der Waals surface area contributed by atoms with Gasteiger partial charge in [-0.05, 0) is 61.6 Å². The van der Waals surface area contributed by atoms with Crippen LogP contribution in [0.2, 0.25) is 0 Å². The molecule has 1 N–H and O–H groups in total. The molecule has 1 aliphatic heterocycles. The van der Waals surface area contributed by atoms with Gasteiger partial charge in [0.25, 0.3) is 0 Å². The standard InChI is InChI=1S/C27H29N5OS/c1-4-16-28-27(33)31-18-23-19(2)29-32(21-9-6-5-7-10-21)26(23)30-17-8-11-24(30)25(31)20-12-14-22(34-3)15-13-20/h5-15,17,25H,4,16,18H2,1-3H3,(H,28,33)/t25-/m1/s1. The highest BCUT2D eigenvalue weighted by Gasteiger charge is 2.35. The Bertz CT molecular complexity index is 1290. The molecule has 4 aromatic rings. The number of hydrogen-bond acceptors (Lipinski definition) is 3. The fourth-order valence-corrected chi connectivity index (χ4v) is 5.03. The summed E-state index contributed by atoms with van der Waals surface area (Å²) in [6.45, 7) is 5.21. The van der Waals surface area contributed by atoms with Crippen molar-refractivity contribution >= 4 is 17.8 Å². The summed E-state index contributed by atoms with van der Waals surface area (Å²) < 4.78 is 4.19. The lowest BCUT2D eigenvalue weighted by molar-refractivity contribution is 0.180. The molecule has 0 radical (unpaired) electrons. The van der Waals surface area contributed by atoms with Crippen LogP contribution in [-0.2, 0) is 6.54 Å². The van der Waals surface area contributed by atoms with Gasteiger partial charge in [-0.15, -0.1) is 11.8 Å². The molecular weight excluding hydrogens is 442 g/mol. The van der Waals surface area contributed by atoms with Gasteiger partial charge in [0.05, 0.1) is 29.7 Å². The topological polar surface area (TPSA) is 55.1 Å². The number of para-hydroxylation sites is 1. The molecule has 7 heteroatoms. The maximum Gasteiger partial charge on any atom is 0.318 e. The molecule has 0 bridgehead atoms. The van der Waals surface area contributed by atoms with Crippen molar-refractivity contribution in [1.82, 2.24) is 24.6 Å². The molecule has 0 fully saturated rings. The number of nitrogens with zero attached hydrogens (tertiary/aromatic N) is 4. The first-order chi connectivity index (χ1) is 16.6. The lowest BCUT2D eigenvalue weighted by Crippen LogP contribution is -2.42. The van der Waals surface area contributed by atoms with Crippen molar-refractivity contribution in [3.63, 3.8) is 0 Å². The van der Waals surface area contributed by atoms with Gasteiger partial charge < -0.3 is 14.8 Å². The predicted octanol–water partition coefficient (Wildman–Crippen LogP) is 5.72. The van der Waals surface area contributed by atoms with Gasteiger partial charge in [-0.25, -0.2) is 9.48 Å². The molecule has 0 saturated carbocycles. The number of thioether (sulfide) groups is 1. The highest BCUT2D eigenvalue weighted by molar-refractivity contribution is 7.98. The summed E-state index contributed by atoms with van der Waals surface area (Å²) >= 11 is 1.72. The van der Waals surface area contributed by atoms with Crippen molar-refractivity contribution in [2.24, 2.45) is 0 Å². The number of carbonyl (C=O) groups is 1. The van der Waals surface area contributed by atoms with Crippen molar-refractivity contribution < 1.29 is 4.79 Å². The molecule has 0 saturated heterocycles. The second-order valence-corrected chi connectivity index (χ2v) is 9.35. The fraction of sp³-hybridized carbons (Fsp3) is 0.259. The number of carbonyl (C=O) groups excluding carboxylic acids is 1. The molecule has 1 atom stereocenters. The smallest absolute Gasteiger partial charge is 0.318 e. The van der Waals surface area contributed by atoms with Gasteiger partial charge >= 0.3 is 6.03 Å². The van der Waals surface area contributed by atoms with Crippen LogP contribution in [0.3, 0.4) is 0 Å². The Morgan fingerprint density at radius 1 is 1.09 bits per heavy atom. The lowest BCUT2D eigenvalue weighted by Gasteiger charge is -2.31. The third kappa shape index (κ3) is 3.90. The third-order valence-corrected chi connectivity index (χ3v) is 7.05. The van der Waals surface area contributed by atoms with Crippen LogP contribution in [-0.4, -0.2) is 38.1 Å². The molecule has 0 spiro atoms. The van der Waals surface area contributed by atoms with E-state index in [1.54, 1.807) is 11.8 Å². The van der Waals surface area contributed by atoms with Crippen LogP contribution in [0.15, 0.2) is 77.8 Å². The second-order valence-electron chi connectivity index (χ2n) is 8.47. The molecule has 34 heavy (non-hydrogen) atoms. The Labute approximate surface area is 204 Å². The molecule has 0 aliphatic carbocycles. The molecule has 174 valence electrons. The maximum absolute atomic E-state index is 13.5.